The zero-order valence-electron chi connectivity index (χ0n) is 17.1. The van der Waals surface area contributed by atoms with E-state index >= 15 is 0 Å². The number of carbonyl (C=O) groups excluding carboxylic acids is 4. The number of hydrogen-bond acceptors (Lipinski definition) is 5. The lowest BCUT2D eigenvalue weighted by atomic mass is 9.97. The number of benzene rings is 1. The molecule has 0 aliphatic carbocycles. The number of nitrogens with one attached hydrogen (secondary N) is 3. The van der Waals surface area contributed by atoms with Gasteiger partial charge in [-0.25, -0.2) is 0 Å². The number of carbonyl (C=O) groups is 4. The summed E-state index contributed by atoms with van der Waals surface area (Å²) in [4.78, 5) is 47.2. The lowest BCUT2D eigenvalue weighted by Crippen LogP contribution is -2.49. The Bertz CT molecular complexity index is 791. The molecule has 158 valence electrons. The van der Waals surface area contributed by atoms with Crippen molar-refractivity contribution >= 4 is 23.6 Å². The third-order valence-electron chi connectivity index (χ3n) is 4.38. The average Bonchev–Trinajstić information content (AvgIpc) is 2.66. The topological polar surface area (TPSA) is 156 Å². The molecule has 9 nitrogen and oxygen atoms in total. The first-order valence-corrected chi connectivity index (χ1v) is 9.20. The van der Waals surface area contributed by atoms with E-state index < -0.39 is 35.8 Å². The maximum atomic E-state index is 12.5. The first-order valence-electron chi connectivity index (χ1n) is 9.20. The molecule has 9 heteroatoms. The van der Waals surface area contributed by atoms with Crippen molar-refractivity contribution in [2.45, 2.75) is 52.2 Å². The minimum Gasteiger partial charge on any atom is -0.394 e. The third kappa shape index (κ3) is 7.65. The molecule has 0 aliphatic heterocycles. The van der Waals surface area contributed by atoms with Gasteiger partial charge in [0.2, 0.25) is 17.7 Å². The summed E-state index contributed by atoms with van der Waals surface area (Å²) in [5.41, 5.74) is 12.4. The molecule has 0 aromatic heterocycles. The highest BCUT2D eigenvalue weighted by atomic mass is 16.2. The first kappa shape index (κ1) is 23.7. The van der Waals surface area contributed by atoms with E-state index in [1.165, 1.54) is 13.8 Å². The van der Waals surface area contributed by atoms with Crippen molar-refractivity contribution < 1.29 is 19.2 Å². The van der Waals surface area contributed by atoms with Gasteiger partial charge in [0.15, 0.2) is 0 Å². The van der Waals surface area contributed by atoms with Gasteiger partial charge in [-0.1, -0.05) is 30.3 Å². The number of nitrogens with two attached hydrogens (primary N) is 2. The molecule has 0 radical (unpaired) electrons. The monoisotopic (exact) mass is 403 g/mol. The molecule has 0 spiro atoms. The van der Waals surface area contributed by atoms with Crippen molar-refractivity contribution in [2.75, 3.05) is 0 Å². The van der Waals surface area contributed by atoms with Crippen molar-refractivity contribution in [3.05, 3.63) is 47.2 Å². The molecular formula is C20H29N5O4. The normalized spacial score (nSPS) is 14.6. The van der Waals surface area contributed by atoms with Gasteiger partial charge in [0.05, 0.1) is 11.7 Å². The van der Waals surface area contributed by atoms with E-state index in [0.29, 0.717) is 12.0 Å². The Balaban J connectivity index is 3.10. The van der Waals surface area contributed by atoms with Crippen LogP contribution in [0.15, 0.2) is 41.6 Å². The number of hydrogen-bond donors (Lipinski definition) is 5. The predicted molar refractivity (Wildman–Crippen MR) is 109 cm³/mol. The van der Waals surface area contributed by atoms with Gasteiger partial charge < -0.3 is 27.4 Å². The van der Waals surface area contributed by atoms with E-state index in [2.05, 4.69) is 16.0 Å². The van der Waals surface area contributed by atoms with Gasteiger partial charge in [-0.2, -0.15) is 0 Å². The highest BCUT2D eigenvalue weighted by molar-refractivity contribution is 5.96. The summed E-state index contributed by atoms with van der Waals surface area (Å²) < 4.78 is 0. The minimum absolute atomic E-state index is 0.119. The molecule has 0 saturated carbocycles. The van der Waals surface area contributed by atoms with E-state index in [9.17, 15) is 19.2 Å². The molecule has 1 aromatic carbocycles. The molecule has 0 heterocycles. The summed E-state index contributed by atoms with van der Waals surface area (Å²) in [6.07, 6.45) is 0.380. The van der Waals surface area contributed by atoms with Crippen LogP contribution >= 0.6 is 0 Å². The average molecular weight is 403 g/mol. The van der Waals surface area contributed by atoms with E-state index in [0.717, 1.165) is 5.56 Å². The van der Waals surface area contributed by atoms with Crippen LogP contribution in [-0.4, -0.2) is 41.8 Å². The third-order valence-corrected chi connectivity index (χ3v) is 4.38. The lowest BCUT2D eigenvalue weighted by Gasteiger charge is -2.24. The maximum Gasteiger partial charge on any atom is 0.267 e. The molecule has 0 unspecified atom stereocenters. The largest absolute Gasteiger partial charge is 0.394 e. The van der Waals surface area contributed by atoms with Crippen LogP contribution in [0.3, 0.4) is 0 Å². The molecule has 0 saturated heterocycles. The van der Waals surface area contributed by atoms with Crippen molar-refractivity contribution in [1.82, 2.24) is 16.0 Å². The first-order chi connectivity index (χ1) is 13.5. The summed E-state index contributed by atoms with van der Waals surface area (Å²) in [7, 11) is 0. The summed E-state index contributed by atoms with van der Waals surface area (Å²) in [6, 6.07) is 7.10. The molecule has 3 atom stereocenters. The van der Waals surface area contributed by atoms with E-state index in [1.807, 2.05) is 30.3 Å². The van der Waals surface area contributed by atoms with Crippen LogP contribution in [0.25, 0.3) is 0 Å². The Labute approximate surface area is 170 Å². The summed E-state index contributed by atoms with van der Waals surface area (Å²) in [5, 5.41) is 7.75. The van der Waals surface area contributed by atoms with E-state index in [-0.39, 0.29) is 11.6 Å². The molecule has 1 aromatic rings. The zero-order chi connectivity index (χ0) is 22.1. The van der Waals surface area contributed by atoms with Crippen LogP contribution in [0, 0.1) is 0 Å². The Morgan fingerprint density at radius 3 is 2.00 bits per heavy atom. The quantitative estimate of drug-likeness (QED) is 0.350. The second kappa shape index (κ2) is 10.8. The molecule has 4 amide bonds. The fourth-order valence-electron chi connectivity index (χ4n) is 2.54. The van der Waals surface area contributed by atoms with Gasteiger partial charge in [-0.3, -0.25) is 19.2 Å². The Morgan fingerprint density at radius 2 is 1.48 bits per heavy atom. The van der Waals surface area contributed by atoms with Crippen molar-refractivity contribution in [1.29, 1.82) is 0 Å². The van der Waals surface area contributed by atoms with Crippen LogP contribution in [-0.2, 0) is 25.6 Å². The zero-order valence-corrected chi connectivity index (χ0v) is 17.1. The number of amides is 4. The maximum absolute atomic E-state index is 12.5. The smallest absolute Gasteiger partial charge is 0.267 e. The van der Waals surface area contributed by atoms with Crippen LogP contribution in [0.2, 0.25) is 0 Å². The molecule has 29 heavy (non-hydrogen) atoms. The molecule has 0 aliphatic rings. The van der Waals surface area contributed by atoms with Gasteiger partial charge in [-0.15, -0.1) is 0 Å². The van der Waals surface area contributed by atoms with Gasteiger partial charge >= 0.3 is 0 Å². The second-order valence-corrected chi connectivity index (χ2v) is 6.87. The van der Waals surface area contributed by atoms with Crippen molar-refractivity contribution in [3.8, 4) is 0 Å². The Kier molecular flexibility index (Phi) is 8.85. The fraction of sp³-hybridized carbons (Fsp3) is 0.400. The van der Waals surface area contributed by atoms with Crippen LogP contribution < -0.4 is 27.4 Å². The minimum atomic E-state index is -0.893. The molecular weight excluding hydrogens is 374 g/mol. The van der Waals surface area contributed by atoms with E-state index in [1.54, 1.807) is 13.8 Å². The molecule has 0 fully saturated rings. The Hall–Kier alpha value is -3.36. The lowest BCUT2D eigenvalue weighted by molar-refractivity contribution is -0.128. The van der Waals surface area contributed by atoms with Gasteiger partial charge in [0, 0.05) is 6.92 Å². The highest BCUT2D eigenvalue weighted by Crippen LogP contribution is 2.13. The molecule has 7 N–H and O–H groups in total. The highest BCUT2D eigenvalue weighted by Gasteiger charge is 2.24. The summed E-state index contributed by atoms with van der Waals surface area (Å²) in [5.74, 6) is -2.10. The van der Waals surface area contributed by atoms with Gasteiger partial charge in [-0.05, 0) is 38.3 Å². The summed E-state index contributed by atoms with van der Waals surface area (Å²) >= 11 is 0. The van der Waals surface area contributed by atoms with Crippen molar-refractivity contribution in [2.24, 2.45) is 11.5 Å². The molecule has 1 rings (SSSR count). The standard InChI is InChI=1S/C20H29N5O4/c1-11(17(21)20(29)24-12(2)18(22)27)16(10-15-8-6-5-7-9-15)25-19(28)13(3)23-14(4)26/h5-9,12-13,16H,10,21H2,1-4H3,(H2,22,27)(H,23,26)(H,24,29)(H,25,28)/b17-11+/t12-,13-,16-/m0/s1. The van der Waals surface area contributed by atoms with Gasteiger partial charge in [0.1, 0.15) is 12.1 Å². The van der Waals surface area contributed by atoms with Crippen LogP contribution in [0.4, 0.5) is 0 Å². The SMILES string of the molecule is CC(=O)N[C@@H](C)C(=O)N[C@@H](Cc1ccccc1)/C(C)=C(/N)C(=O)N[C@@H](C)C(N)=O. The van der Waals surface area contributed by atoms with Crippen molar-refractivity contribution in [3.63, 3.8) is 0 Å². The second-order valence-electron chi connectivity index (χ2n) is 6.87. The fourth-order valence-corrected chi connectivity index (χ4v) is 2.54. The Morgan fingerprint density at radius 1 is 0.897 bits per heavy atom. The van der Waals surface area contributed by atoms with Crippen LogP contribution in [0.5, 0.6) is 0 Å². The number of primary amides is 1. The predicted octanol–water partition coefficient (Wildman–Crippen LogP) is -0.539. The molecule has 0 bridgehead atoms. The van der Waals surface area contributed by atoms with E-state index in [4.69, 9.17) is 11.5 Å². The summed E-state index contributed by atoms with van der Waals surface area (Å²) in [6.45, 7) is 5.95. The van der Waals surface area contributed by atoms with Gasteiger partial charge in [0.25, 0.3) is 5.91 Å². The number of rotatable bonds is 9. The van der Waals surface area contributed by atoms with Crippen LogP contribution in [0.1, 0.15) is 33.3 Å².